The van der Waals surface area contributed by atoms with E-state index in [0.717, 1.165) is 10.3 Å². The van der Waals surface area contributed by atoms with Crippen LogP contribution in [0.3, 0.4) is 0 Å². The van der Waals surface area contributed by atoms with E-state index in [1.54, 1.807) is 18.2 Å². The average Bonchev–Trinajstić information content (AvgIpc) is 2.93. The first kappa shape index (κ1) is 10.6. The minimum absolute atomic E-state index is 0.120. The summed E-state index contributed by atoms with van der Waals surface area (Å²) >= 11 is 0. The molecule has 3 aromatic rings. The fraction of sp³-hybridized carbons (Fsp3) is 0.167. The van der Waals surface area contributed by atoms with Crippen LogP contribution in [0.2, 0.25) is 0 Å². The van der Waals surface area contributed by atoms with Crippen LogP contribution in [0.15, 0.2) is 38.5 Å². The first-order chi connectivity index (χ1) is 8.65. The van der Waals surface area contributed by atoms with Gasteiger partial charge in [0.2, 0.25) is 0 Å². The van der Waals surface area contributed by atoms with Crippen molar-refractivity contribution in [1.82, 2.24) is 14.5 Å². The van der Waals surface area contributed by atoms with Gasteiger partial charge in [-0.05, 0) is 25.1 Å². The number of aromatic nitrogens is 3. The van der Waals surface area contributed by atoms with E-state index < -0.39 is 5.69 Å². The molecule has 0 aliphatic heterocycles. The Morgan fingerprint density at radius 2 is 2.17 bits per heavy atom. The van der Waals surface area contributed by atoms with E-state index in [0.29, 0.717) is 16.8 Å². The number of fused-ring (bicyclic) bond motifs is 1. The third-order valence-electron chi connectivity index (χ3n) is 2.79. The van der Waals surface area contributed by atoms with Crippen molar-refractivity contribution in [2.75, 3.05) is 0 Å². The number of nitrogens with zero attached hydrogens (tertiary/aromatic N) is 1. The molecule has 3 heterocycles. The predicted octanol–water partition coefficient (Wildman–Crippen LogP) is 0.968. The zero-order chi connectivity index (χ0) is 12.7. The molecule has 0 saturated heterocycles. The van der Waals surface area contributed by atoms with Gasteiger partial charge in [0.15, 0.2) is 0 Å². The largest absolute Gasteiger partial charge is 0.467 e. The number of hydrogen-bond donors (Lipinski definition) is 2. The SMILES string of the molecule is Cc1cc2[nH]c(=O)n(Cc3ccco3)c(=O)c2[nH]1. The molecule has 0 radical (unpaired) electrons. The van der Waals surface area contributed by atoms with Crippen LogP contribution in [0.4, 0.5) is 0 Å². The lowest BCUT2D eigenvalue weighted by Gasteiger charge is -2.01. The second-order valence-electron chi connectivity index (χ2n) is 4.14. The predicted molar refractivity (Wildman–Crippen MR) is 65.7 cm³/mol. The van der Waals surface area contributed by atoms with Crippen LogP contribution in [0.5, 0.6) is 0 Å². The lowest BCUT2D eigenvalue weighted by molar-refractivity contribution is 0.484. The number of hydrogen-bond acceptors (Lipinski definition) is 3. The zero-order valence-corrected chi connectivity index (χ0v) is 9.69. The summed E-state index contributed by atoms with van der Waals surface area (Å²) in [5, 5.41) is 0. The first-order valence-electron chi connectivity index (χ1n) is 5.50. The Labute approximate surface area is 101 Å². The number of aromatic amines is 2. The molecule has 0 fully saturated rings. The van der Waals surface area contributed by atoms with E-state index in [2.05, 4.69) is 9.97 Å². The minimum Gasteiger partial charge on any atom is -0.467 e. The van der Waals surface area contributed by atoms with Gasteiger partial charge in [0, 0.05) is 5.69 Å². The van der Waals surface area contributed by atoms with Gasteiger partial charge in [-0.2, -0.15) is 0 Å². The monoisotopic (exact) mass is 245 g/mol. The van der Waals surface area contributed by atoms with E-state index in [1.165, 1.54) is 6.26 Å². The standard InChI is InChI=1S/C12H11N3O3/c1-7-5-9-10(13-7)11(16)15(12(17)14-9)6-8-3-2-4-18-8/h2-5,13H,6H2,1H3,(H,14,17). The maximum Gasteiger partial charge on any atom is 0.329 e. The van der Waals surface area contributed by atoms with Crippen molar-refractivity contribution in [1.29, 1.82) is 0 Å². The van der Waals surface area contributed by atoms with Crippen LogP contribution in [-0.2, 0) is 6.54 Å². The number of aryl methyl sites for hydroxylation is 1. The average molecular weight is 245 g/mol. The second kappa shape index (κ2) is 3.76. The van der Waals surface area contributed by atoms with Gasteiger partial charge in [-0.1, -0.05) is 0 Å². The highest BCUT2D eigenvalue weighted by Gasteiger charge is 2.10. The van der Waals surface area contributed by atoms with Gasteiger partial charge in [-0.25, -0.2) is 4.79 Å². The third kappa shape index (κ3) is 1.58. The van der Waals surface area contributed by atoms with E-state index in [-0.39, 0.29) is 12.1 Å². The van der Waals surface area contributed by atoms with Crippen LogP contribution in [-0.4, -0.2) is 14.5 Å². The second-order valence-corrected chi connectivity index (χ2v) is 4.14. The molecule has 2 N–H and O–H groups in total. The van der Waals surface area contributed by atoms with Gasteiger partial charge in [-0.3, -0.25) is 9.36 Å². The Morgan fingerprint density at radius 1 is 1.33 bits per heavy atom. The summed E-state index contributed by atoms with van der Waals surface area (Å²) in [4.78, 5) is 29.6. The maximum atomic E-state index is 12.2. The quantitative estimate of drug-likeness (QED) is 0.705. The number of rotatable bonds is 2. The topological polar surface area (TPSA) is 83.8 Å². The Kier molecular flexibility index (Phi) is 2.22. The van der Waals surface area contributed by atoms with Crippen molar-refractivity contribution in [3.63, 3.8) is 0 Å². The molecule has 0 amide bonds. The molecule has 0 aliphatic rings. The van der Waals surface area contributed by atoms with E-state index >= 15 is 0 Å². The van der Waals surface area contributed by atoms with Crippen molar-refractivity contribution < 1.29 is 4.42 Å². The van der Waals surface area contributed by atoms with Gasteiger partial charge in [0.1, 0.15) is 11.3 Å². The van der Waals surface area contributed by atoms with E-state index in [4.69, 9.17) is 4.42 Å². The number of H-pyrrole nitrogens is 2. The summed E-state index contributed by atoms with van der Waals surface area (Å²) in [5.74, 6) is 0.560. The summed E-state index contributed by atoms with van der Waals surface area (Å²) in [6.07, 6.45) is 1.51. The summed E-state index contributed by atoms with van der Waals surface area (Å²) in [6.45, 7) is 1.95. The van der Waals surface area contributed by atoms with Gasteiger partial charge < -0.3 is 14.4 Å². The smallest absolute Gasteiger partial charge is 0.329 e. The van der Waals surface area contributed by atoms with Crippen LogP contribution in [0, 0.1) is 6.92 Å². The number of nitrogens with one attached hydrogen (secondary N) is 2. The molecule has 3 aromatic heterocycles. The maximum absolute atomic E-state index is 12.2. The van der Waals surface area contributed by atoms with E-state index in [1.807, 2.05) is 6.92 Å². The zero-order valence-electron chi connectivity index (χ0n) is 9.69. The Balaban J connectivity index is 2.23. The van der Waals surface area contributed by atoms with Crippen molar-refractivity contribution in [2.24, 2.45) is 0 Å². The van der Waals surface area contributed by atoms with Gasteiger partial charge in [0.05, 0.1) is 18.3 Å². The number of furan rings is 1. The highest BCUT2D eigenvalue weighted by atomic mass is 16.3. The Morgan fingerprint density at radius 3 is 2.89 bits per heavy atom. The molecule has 0 atom stereocenters. The molecule has 3 rings (SSSR count). The fourth-order valence-corrected chi connectivity index (χ4v) is 1.97. The molecule has 0 bridgehead atoms. The summed E-state index contributed by atoms with van der Waals surface area (Å²) < 4.78 is 6.25. The van der Waals surface area contributed by atoms with Crippen LogP contribution < -0.4 is 11.2 Å². The van der Waals surface area contributed by atoms with Crippen LogP contribution >= 0.6 is 0 Å². The molecule has 0 aliphatic carbocycles. The van der Waals surface area contributed by atoms with Gasteiger partial charge in [-0.15, -0.1) is 0 Å². The van der Waals surface area contributed by atoms with E-state index in [9.17, 15) is 9.59 Å². The molecular formula is C12H11N3O3. The summed E-state index contributed by atoms with van der Waals surface area (Å²) in [6, 6.07) is 5.16. The Hall–Kier alpha value is -2.50. The lowest BCUT2D eigenvalue weighted by atomic mass is 10.4. The Bertz CT molecular complexity index is 805. The first-order valence-corrected chi connectivity index (χ1v) is 5.50. The van der Waals surface area contributed by atoms with Crippen molar-refractivity contribution >= 4 is 11.0 Å². The van der Waals surface area contributed by atoms with Crippen LogP contribution in [0.1, 0.15) is 11.5 Å². The van der Waals surface area contributed by atoms with Crippen molar-refractivity contribution in [3.8, 4) is 0 Å². The molecule has 6 heteroatoms. The summed E-state index contributed by atoms with van der Waals surface area (Å²) in [5.41, 5.74) is 0.964. The fourth-order valence-electron chi connectivity index (χ4n) is 1.97. The van der Waals surface area contributed by atoms with Crippen molar-refractivity contribution in [3.05, 3.63) is 56.8 Å². The molecular weight excluding hydrogens is 234 g/mol. The third-order valence-corrected chi connectivity index (χ3v) is 2.79. The lowest BCUT2D eigenvalue weighted by Crippen LogP contribution is -2.35. The molecule has 0 saturated carbocycles. The van der Waals surface area contributed by atoms with Crippen molar-refractivity contribution in [2.45, 2.75) is 13.5 Å². The highest BCUT2D eigenvalue weighted by Crippen LogP contribution is 2.06. The molecule has 18 heavy (non-hydrogen) atoms. The molecule has 92 valence electrons. The molecule has 6 nitrogen and oxygen atoms in total. The van der Waals surface area contributed by atoms with Gasteiger partial charge >= 0.3 is 5.69 Å². The highest BCUT2D eigenvalue weighted by molar-refractivity contribution is 5.74. The molecule has 0 spiro atoms. The normalized spacial score (nSPS) is 11.2. The molecule has 0 aromatic carbocycles. The van der Waals surface area contributed by atoms with Crippen LogP contribution in [0.25, 0.3) is 11.0 Å². The van der Waals surface area contributed by atoms with Gasteiger partial charge in [0.25, 0.3) is 5.56 Å². The minimum atomic E-state index is -0.442. The summed E-state index contributed by atoms with van der Waals surface area (Å²) in [7, 11) is 0. The molecule has 0 unspecified atom stereocenters.